The predicted octanol–water partition coefficient (Wildman–Crippen LogP) is 5.98. The molecule has 184 valence electrons. The summed E-state index contributed by atoms with van der Waals surface area (Å²) in [6.45, 7) is 6.81. The molecule has 0 radical (unpaired) electrons. The van der Waals surface area contributed by atoms with Crippen LogP contribution in [0.4, 0.5) is 0 Å². The SMILES string of the molecule is Cc1cccc(C)c1Oc1c(C(=O)N2CCNCC2)c2ccnc(Cl)c2n1-c1ccccc1.Cl.Cl. The fraction of sp³-hybridized carbons (Fsp3) is 0.231. The number of benzene rings is 2. The average Bonchev–Trinajstić information content (AvgIpc) is 3.17. The Labute approximate surface area is 222 Å². The molecule has 2 aromatic heterocycles. The highest BCUT2D eigenvalue weighted by Gasteiger charge is 2.31. The van der Waals surface area contributed by atoms with E-state index in [9.17, 15) is 4.79 Å². The van der Waals surface area contributed by atoms with Gasteiger partial charge in [0.1, 0.15) is 11.3 Å². The number of carbonyl (C=O) groups excluding carboxylic acids is 1. The molecule has 35 heavy (non-hydrogen) atoms. The largest absolute Gasteiger partial charge is 0.439 e. The molecule has 6 nitrogen and oxygen atoms in total. The summed E-state index contributed by atoms with van der Waals surface area (Å²) in [5.74, 6) is 1.11. The number of fused-ring (bicyclic) bond motifs is 1. The van der Waals surface area contributed by atoms with Crippen molar-refractivity contribution in [1.82, 2.24) is 19.8 Å². The molecule has 4 aromatic rings. The number of hydrogen-bond acceptors (Lipinski definition) is 4. The first kappa shape index (κ1) is 26.8. The molecular formula is C26H27Cl3N4O2. The van der Waals surface area contributed by atoms with Gasteiger partial charge < -0.3 is 15.0 Å². The smallest absolute Gasteiger partial charge is 0.260 e. The summed E-state index contributed by atoms with van der Waals surface area (Å²) in [6.07, 6.45) is 1.64. The number of rotatable bonds is 4. The number of carbonyl (C=O) groups is 1. The van der Waals surface area contributed by atoms with E-state index in [4.69, 9.17) is 16.3 Å². The van der Waals surface area contributed by atoms with Crippen molar-refractivity contribution in [3.05, 3.63) is 82.6 Å². The van der Waals surface area contributed by atoms with Crippen molar-refractivity contribution >= 4 is 53.2 Å². The molecule has 1 fully saturated rings. The first-order valence-electron chi connectivity index (χ1n) is 11.0. The Kier molecular flexibility index (Phi) is 8.67. The minimum atomic E-state index is -0.0697. The van der Waals surface area contributed by atoms with Gasteiger partial charge in [0.2, 0.25) is 5.88 Å². The molecule has 1 aliphatic heterocycles. The zero-order chi connectivity index (χ0) is 22.9. The maximum absolute atomic E-state index is 13.9. The van der Waals surface area contributed by atoms with E-state index in [-0.39, 0.29) is 30.7 Å². The second-order valence-electron chi connectivity index (χ2n) is 8.21. The third-order valence-corrected chi connectivity index (χ3v) is 6.31. The van der Waals surface area contributed by atoms with Crippen molar-refractivity contribution in [3.8, 4) is 17.3 Å². The normalized spacial score (nSPS) is 13.2. The molecule has 1 amide bonds. The minimum Gasteiger partial charge on any atom is -0.439 e. The Morgan fingerprint density at radius 1 is 0.971 bits per heavy atom. The predicted molar refractivity (Wildman–Crippen MR) is 145 cm³/mol. The van der Waals surface area contributed by atoms with E-state index < -0.39 is 0 Å². The maximum atomic E-state index is 13.9. The number of nitrogens with zero attached hydrogens (tertiary/aromatic N) is 3. The minimum absolute atomic E-state index is 0. The summed E-state index contributed by atoms with van der Waals surface area (Å²) in [5.41, 5.74) is 3.99. The highest BCUT2D eigenvalue weighted by atomic mass is 35.5. The van der Waals surface area contributed by atoms with Gasteiger partial charge in [0.15, 0.2) is 5.15 Å². The van der Waals surface area contributed by atoms with Crippen molar-refractivity contribution in [2.75, 3.05) is 26.2 Å². The molecular weight excluding hydrogens is 507 g/mol. The second kappa shape index (κ2) is 11.3. The van der Waals surface area contributed by atoms with Gasteiger partial charge in [-0.3, -0.25) is 9.36 Å². The van der Waals surface area contributed by atoms with Crippen LogP contribution in [0.2, 0.25) is 5.15 Å². The van der Waals surface area contributed by atoms with E-state index in [1.54, 1.807) is 6.20 Å². The molecule has 1 aliphatic rings. The lowest BCUT2D eigenvalue weighted by molar-refractivity contribution is 0.0735. The summed E-state index contributed by atoms with van der Waals surface area (Å²) in [4.78, 5) is 20.1. The van der Waals surface area contributed by atoms with E-state index in [0.29, 0.717) is 35.2 Å². The lowest BCUT2D eigenvalue weighted by Gasteiger charge is -2.27. The molecule has 0 aliphatic carbocycles. The van der Waals surface area contributed by atoms with Crippen LogP contribution in [-0.4, -0.2) is 46.5 Å². The number of halogens is 3. The Hall–Kier alpha value is -2.77. The molecule has 2 aromatic carbocycles. The number of ether oxygens (including phenoxy) is 1. The lowest BCUT2D eigenvalue weighted by atomic mass is 10.1. The molecule has 1 saturated heterocycles. The van der Waals surface area contributed by atoms with Crippen LogP contribution < -0.4 is 10.1 Å². The summed E-state index contributed by atoms with van der Waals surface area (Å²) in [5, 5.41) is 4.35. The number of hydrogen-bond donors (Lipinski definition) is 1. The molecule has 3 heterocycles. The van der Waals surface area contributed by atoms with Gasteiger partial charge in [-0.15, -0.1) is 24.8 Å². The quantitative estimate of drug-likeness (QED) is 0.328. The maximum Gasteiger partial charge on any atom is 0.260 e. The highest BCUT2D eigenvalue weighted by Crippen LogP contribution is 2.41. The van der Waals surface area contributed by atoms with Crippen LogP contribution in [0, 0.1) is 13.8 Å². The lowest BCUT2D eigenvalue weighted by Crippen LogP contribution is -2.46. The summed E-state index contributed by atoms with van der Waals surface area (Å²) >= 11 is 6.63. The van der Waals surface area contributed by atoms with Gasteiger partial charge in [-0.25, -0.2) is 4.98 Å². The van der Waals surface area contributed by atoms with Gasteiger partial charge in [0, 0.05) is 43.4 Å². The fourth-order valence-corrected chi connectivity index (χ4v) is 4.62. The van der Waals surface area contributed by atoms with Gasteiger partial charge in [0.05, 0.1) is 5.52 Å². The third-order valence-electron chi connectivity index (χ3n) is 6.03. The fourth-order valence-electron chi connectivity index (χ4n) is 4.38. The van der Waals surface area contributed by atoms with E-state index in [1.807, 2.05) is 77.9 Å². The third kappa shape index (κ3) is 4.98. The van der Waals surface area contributed by atoms with E-state index >= 15 is 0 Å². The van der Waals surface area contributed by atoms with Crippen molar-refractivity contribution in [2.24, 2.45) is 0 Å². The first-order chi connectivity index (χ1) is 16.1. The van der Waals surface area contributed by atoms with Crippen LogP contribution in [-0.2, 0) is 0 Å². The topological polar surface area (TPSA) is 59.4 Å². The van der Waals surface area contributed by atoms with Crippen molar-refractivity contribution in [3.63, 3.8) is 0 Å². The molecule has 1 N–H and O–H groups in total. The molecule has 0 spiro atoms. The van der Waals surface area contributed by atoms with Crippen LogP contribution >= 0.6 is 36.4 Å². The van der Waals surface area contributed by atoms with Crippen LogP contribution in [0.3, 0.4) is 0 Å². The van der Waals surface area contributed by atoms with Gasteiger partial charge in [-0.05, 0) is 43.2 Å². The second-order valence-corrected chi connectivity index (χ2v) is 8.57. The number of para-hydroxylation sites is 2. The van der Waals surface area contributed by atoms with Crippen molar-refractivity contribution in [2.45, 2.75) is 13.8 Å². The Morgan fingerprint density at radius 3 is 2.29 bits per heavy atom. The zero-order valence-electron chi connectivity index (χ0n) is 19.5. The molecule has 0 atom stereocenters. The molecule has 5 rings (SSSR count). The van der Waals surface area contributed by atoms with Crippen LogP contribution in [0.25, 0.3) is 16.6 Å². The number of nitrogens with one attached hydrogen (secondary N) is 1. The highest BCUT2D eigenvalue weighted by molar-refractivity contribution is 6.34. The average molecular weight is 534 g/mol. The number of amides is 1. The van der Waals surface area contributed by atoms with Gasteiger partial charge in [-0.1, -0.05) is 48.0 Å². The molecule has 0 saturated carbocycles. The Morgan fingerprint density at radius 2 is 1.63 bits per heavy atom. The monoisotopic (exact) mass is 532 g/mol. The van der Waals surface area contributed by atoms with E-state index in [1.165, 1.54) is 0 Å². The summed E-state index contributed by atoms with van der Waals surface area (Å²) in [6, 6.07) is 17.6. The number of aromatic nitrogens is 2. The van der Waals surface area contributed by atoms with Crippen LogP contribution in [0.15, 0.2) is 60.8 Å². The summed E-state index contributed by atoms with van der Waals surface area (Å²) in [7, 11) is 0. The van der Waals surface area contributed by atoms with Gasteiger partial charge in [-0.2, -0.15) is 0 Å². The standard InChI is InChI=1S/C26H25ClN4O2.2ClH/c1-17-7-6-8-18(2)23(17)33-26-21(25(32)30-15-13-28-14-16-30)20-11-12-29-24(27)22(20)31(26)19-9-4-3-5-10-19;;/h3-12,28H,13-16H2,1-2H3;2*1H. The van der Waals surface area contributed by atoms with E-state index in [0.717, 1.165) is 41.0 Å². The molecule has 0 unspecified atom stereocenters. The van der Waals surface area contributed by atoms with E-state index in [2.05, 4.69) is 10.3 Å². The van der Waals surface area contributed by atoms with Crippen molar-refractivity contribution in [1.29, 1.82) is 0 Å². The van der Waals surface area contributed by atoms with Crippen molar-refractivity contribution < 1.29 is 9.53 Å². The zero-order valence-corrected chi connectivity index (χ0v) is 21.8. The Bertz CT molecular complexity index is 1320. The molecule has 0 bridgehead atoms. The number of aryl methyl sites for hydroxylation is 2. The van der Waals surface area contributed by atoms with Crippen LogP contribution in [0.5, 0.6) is 11.6 Å². The Balaban J connectivity index is 0.00000171. The van der Waals surface area contributed by atoms with Gasteiger partial charge in [0.25, 0.3) is 5.91 Å². The summed E-state index contributed by atoms with van der Waals surface area (Å²) < 4.78 is 8.53. The van der Waals surface area contributed by atoms with Gasteiger partial charge >= 0.3 is 0 Å². The number of piperazine rings is 1. The first-order valence-corrected chi connectivity index (χ1v) is 11.4. The molecule has 9 heteroatoms. The van der Waals surface area contributed by atoms with Crippen LogP contribution in [0.1, 0.15) is 21.5 Å². The number of pyridine rings is 1.